The van der Waals surface area contributed by atoms with E-state index in [0.717, 1.165) is 43.4 Å². The SMILES string of the molecule is COc1c(C2(N=C=O)CCC2)ccc2c1CCCC2. The van der Waals surface area contributed by atoms with Gasteiger partial charge in [0.15, 0.2) is 0 Å². The molecule has 1 aromatic rings. The molecule has 3 heteroatoms. The Morgan fingerprint density at radius 1 is 1.21 bits per heavy atom. The third-order valence-electron chi connectivity index (χ3n) is 4.63. The van der Waals surface area contributed by atoms with Gasteiger partial charge >= 0.3 is 0 Å². The van der Waals surface area contributed by atoms with E-state index in [4.69, 9.17) is 4.74 Å². The standard InChI is InChI=1S/C16H19NO2/c1-19-15-13-6-3-2-5-12(13)7-8-14(15)16(17-11-18)9-4-10-16/h7-8H,2-6,9-10H2,1H3. The Morgan fingerprint density at radius 3 is 2.63 bits per heavy atom. The zero-order valence-electron chi connectivity index (χ0n) is 11.4. The Labute approximate surface area is 113 Å². The van der Waals surface area contributed by atoms with E-state index in [-0.39, 0.29) is 5.54 Å². The average molecular weight is 257 g/mol. The summed E-state index contributed by atoms with van der Waals surface area (Å²) >= 11 is 0. The molecule has 0 unspecified atom stereocenters. The molecule has 3 nitrogen and oxygen atoms in total. The molecule has 2 aliphatic carbocycles. The smallest absolute Gasteiger partial charge is 0.235 e. The van der Waals surface area contributed by atoms with Crippen molar-refractivity contribution < 1.29 is 9.53 Å². The van der Waals surface area contributed by atoms with Crippen LogP contribution in [0.2, 0.25) is 0 Å². The summed E-state index contributed by atoms with van der Waals surface area (Å²) in [6, 6.07) is 4.32. The molecule has 1 saturated carbocycles. The third-order valence-corrected chi connectivity index (χ3v) is 4.63. The fourth-order valence-corrected chi connectivity index (χ4v) is 3.43. The number of methoxy groups -OCH3 is 1. The second-order valence-electron chi connectivity index (χ2n) is 5.58. The van der Waals surface area contributed by atoms with Crippen LogP contribution in [-0.4, -0.2) is 13.2 Å². The summed E-state index contributed by atoms with van der Waals surface area (Å²) in [6.45, 7) is 0. The maximum absolute atomic E-state index is 10.7. The number of benzene rings is 1. The minimum Gasteiger partial charge on any atom is -0.496 e. The summed E-state index contributed by atoms with van der Waals surface area (Å²) < 4.78 is 5.68. The van der Waals surface area contributed by atoms with Gasteiger partial charge in [-0.05, 0) is 56.1 Å². The first-order valence-electron chi connectivity index (χ1n) is 7.09. The van der Waals surface area contributed by atoms with Crippen LogP contribution in [0, 0.1) is 0 Å². The lowest BCUT2D eigenvalue weighted by Gasteiger charge is -2.39. The molecular formula is C16H19NO2. The van der Waals surface area contributed by atoms with Gasteiger partial charge in [0.2, 0.25) is 6.08 Å². The highest BCUT2D eigenvalue weighted by Gasteiger charge is 2.41. The molecular weight excluding hydrogens is 238 g/mol. The van der Waals surface area contributed by atoms with Gasteiger partial charge in [0.05, 0.1) is 7.11 Å². The normalized spacial score (nSPS) is 19.8. The van der Waals surface area contributed by atoms with Crippen molar-refractivity contribution in [2.75, 3.05) is 7.11 Å². The minimum atomic E-state index is -0.362. The summed E-state index contributed by atoms with van der Waals surface area (Å²) in [4.78, 5) is 14.8. The second-order valence-corrected chi connectivity index (χ2v) is 5.58. The molecule has 1 aromatic carbocycles. The van der Waals surface area contributed by atoms with Crippen LogP contribution in [0.15, 0.2) is 17.1 Å². The quantitative estimate of drug-likeness (QED) is 0.615. The van der Waals surface area contributed by atoms with E-state index in [1.807, 2.05) is 0 Å². The third kappa shape index (κ3) is 1.89. The van der Waals surface area contributed by atoms with E-state index >= 15 is 0 Å². The van der Waals surface area contributed by atoms with Gasteiger partial charge in [-0.15, -0.1) is 0 Å². The van der Waals surface area contributed by atoms with Gasteiger partial charge in [-0.1, -0.05) is 12.1 Å². The van der Waals surface area contributed by atoms with E-state index < -0.39 is 0 Å². The molecule has 0 aromatic heterocycles. The highest BCUT2D eigenvalue weighted by molar-refractivity contribution is 5.53. The van der Waals surface area contributed by atoms with Crippen LogP contribution in [-0.2, 0) is 23.2 Å². The molecule has 1 fully saturated rings. The maximum atomic E-state index is 10.7. The molecule has 3 rings (SSSR count). The predicted octanol–water partition coefficient (Wildman–Crippen LogP) is 3.29. The Morgan fingerprint density at radius 2 is 2.00 bits per heavy atom. The van der Waals surface area contributed by atoms with Crippen LogP contribution in [0.1, 0.15) is 48.8 Å². The van der Waals surface area contributed by atoms with E-state index in [9.17, 15) is 4.79 Å². The van der Waals surface area contributed by atoms with Crippen molar-refractivity contribution in [1.82, 2.24) is 0 Å². The molecule has 0 amide bonds. The zero-order chi connectivity index (χ0) is 13.3. The number of nitrogens with zero attached hydrogens (tertiary/aromatic N) is 1. The van der Waals surface area contributed by atoms with Gasteiger partial charge in [0, 0.05) is 5.56 Å². The molecule has 0 saturated heterocycles. The number of hydrogen-bond donors (Lipinski definition) is 0. The van der Waals surface area contributed by atoms with Crippen LogP contribution in [0.3, 0.4) is 0 Å². The van der Waals surface area contributed by atoms with Crippen LogP contribution >= 0.6 is 0 Å². The largest absolute Gasteiger partial charge is 0.496 e. The number of ether oxygens (including phenoxy) is 1. The van der Waals surface area contributed by atoms with Crippen molar-refractivity contribution >= 4 is 6.08 Å². The second kappa shape index (κ2) is 4.82. The number of fused-ring (bicyclic) bond motifs is 1. The summed E-state index contributed by atoms with van der Waals surface area (Å²) in [5.41, 5.74) is 3.46. The van der Waals surface area contributed by atoms with Crippen molar-refractivity contribution in [2.24, 2.45) is 4.99 Å². The number of isocyanates is 1. The summed E-state index contributed by atoms with van der Waals surface area (Å²) in [5.74, 6) is 0.968. The van der Waals surface area contributed by atoms with Gasteiger partial charge in [0.25, 0.3) is 0 Å². The summed E-state index contributed by atoms with van der Waals surface area (Å²) in [5, 5.41) is 0. The lowest BCUT2D eigenvalue weighted by molar-refractivity contribution is 0.245. The summed E-state index contributed by atoms with van der Waals surface area (Å²) in [6.07, 6.45) is 9.42. The van der Waals surface area contributed by atoms with Crippen molar-refractivity contribution in [2.45, 2.75) is 50.5 Å². The van der Waals surface area contributed by atoms with Gasteiger partial charge in [-0.3, -0.25) is 0 Å². The first kappa shape index (κ1) is 12.4. The number of hydrogen-bond acceptors (Lipinski definition) is 3. The highest BCUT2D eigenvalue weighted by Crippen LogP contribution is 2.49. The van der Waals surface area contributed by atoms with Crippen molar-refractivity contribution in [3.05, 3.63) is 28.8 Å². The minimum absolute atomic E-state index is 0.362. The Hall–Kier alpha value is -1.60. The Balaban J connectivity index is 2.13. The van der Waals surface area contributed by atoms with E-state index in [0.29, 0.717) is 0 Å². The summed E-state index contributed by atoms with van der Waals surface area (Å²) in [7, 11) is 1.73. The Kier molecular flexibility index (Phi) is 3.16. The highest BCUT2D eigenvalue weighted by atomic mass is 16.5. The van der Waals surface area contributed by atoms with Crippen LogP contribution in [0.4, 0.5) is 0 Å². The van der Waals surface area contributed by atoms with Crippen molar-refractivity contribution in [3.63, 3.8) is 0 Å². The molecule has 2 aliphatic rings. The van der Waals surface area contributed by atoms with Crippen LogP contribution in [0.5, 0.6) is 5.75 Å². The number of aliphatic imine (C=N–C) groups is 1. The molecule has 19 heavy (non-hydrogen) atoms. The van der Waals surface area contributed by atoms with Gasteiger partial charge in [-0.2, -0.15) is 4.99 Å². The fraction of sp³-hybridized carbons (Fsp3) is 0.562. The lowest BCUT2D eigenvalue weighted by Crippen LogP contribution is -2.32. The topological polar surface area (TPSA) is 38.7 Å². The number of carbonyl (C=O) groups excluding carboxylic acids is 1. The van der Waals surface area contributed by atoms with E-state index in [1.54, 1.807) is 13.2 Å². The predicted molar refractivity (Wildman–Crippen MR) is 73.3 cm³/mol. The van der Waals surface area contributed by atoms with E-state index in [1.165, 1.54) is 24.0 Å². The van der Waals surface area contributed by atoms with Crippen LogP contribution in [0.25, 0.3) is 0 Å². The van der Waals surface area contributed by atoms with Crippen molar-refractivity contribution in [3.8, 4) is 5.75 Å². The number of aryl methyl sites for hydroxylation is 1. The molecule has 100 valence electrons. The lowest BCUT2D eigenvalue weighted by atomic mass is 9.70. The van der Waals surface area contributed by atoms with Gasteiger partial charge in [-0.25, -0.2) is 4.79 Å². The first-order valence-corrected chi connectivity index (χ1v) is 7.09. The number of rotatable bonds is 3. The maximum Gasteiger partial charge on any atom is 0.235 e. The molecule has 0 bridgehead atoms. The van der Waals surface area contributed by atoms with Crippen LogP contribution < -0.4 is 4.74 Å². The molecule has 0 heterocycles. The van der Waals surface area contributed by atoms with Gasteiger partial charge < -0.3 is 4.74 Å². The average Bonchev–Trinajstić information content (AvgIpc) is 2.41. The Bertz CT molecular complexity index is 540. The molecule has 0 aliphatic heterocycles. The zero-order valence-corrected chi connectivity index (χ0v) is 11.4. The molecule has 0 radical (unpaired) electrons. The molecule has 0 atom stereocenters. The van der Waals surface area contributed by atoms with E-state index in [2.05, 4.69) is 17.1 Å². The first-order chi connectivity index (χ1) is 9.30. The molecule has 0 N–H and O–H groups in total. The van der Waals surface area contributed by atoms with Crippen molar-refractivity contribution in [1.29, 1.82) is 0 Å². The monoisotopic (exact) mass is 257 g/mol. The molecule has 0 spiro atoms. The van der Waals surface area contributed by atoms with Gasteiger partial charge in [0.1, 0.15) is 11.3 Å². The fourth-order valence-electron chi connectivity index (χ4n) is 3.43.